The molecule has 2 heterocycles. The maximum absolute atomic E-state index is 13.4. The van der Waals surface area contributed by atoms with Gasteiger partial charge in [-0.2, -0.15) is 0 Å². The molecule has 2 aliphatic heterocycles. The molecule has 0 spiro atoms. The summed E-state index contributed by atoms with van der Waals surface area (Å²) in [6.45, 7) is 8.67. The summed E-state index contributed by atoms with van der Waals surface area (Å²) >= 11 is 0. The highest BCUT2D eigenvalue weighted by Gasteiger charge is 2.33. The molecule has 3 amide bonds. The van der Waals surface area contributed by atoms with E-state index in [4.69, 9.17) is 9.47 Å². The third-order valence-electron chi connectivity index (χ3n) is 7.51. The van der Waals surface area contributed by atoms with Gasteiger partial charge in [0.25, 0.3) is 0 Å². The Morgan fingerprint density at radius 1 is 1.19 bits per heavy atom. The number of alkyl carbamates (subject to hydrolysis) is 1. The van der Waals surface area contributed by atoms with Crippen LogP contribution in [-0.4, -0.2) is 83.2 Å². The predicted octanol–water partition coefficient (Wildman–Crippen LogP) is 3.54. The number of nitrogens with zero attached hydrogens (tertiary/aromatic N) is 1. The van der Waals surface area contributed by atoms with Crippen molar-refractivity contribution in [3.63, 3.8) is 0 Å². The first-order valence-electron chi connectivity index (χ1n) is 13.7. The maximum Gasteiger partial charge on any atom is 0.406 e. The van der Waals surface area contributed by atoms with Crippen LogP contribution in [-0.2, 0) is 14.2 Å². The van der Waals surface area contributed by atoms with Crippen LogP contribution in [0.2, 0.25) is 0 Å². The van der Waals surface area contributed by atoms with Crippen LogP contribution in [0.5, 0.6) is 0 Å². The Morgan fingerprint density at radius 2 is 1.97 bits per heavy atom. The zero-order chi connectivity index (χ0) is 26.6. The number of amides is 3. The molecule has 1 aromatic carbocycles. The summed E-state index contributed by atoms with van der Waals surface area (Å²) < 4.78 is 16.6. The SMILES string of the molecule is CNCC(CC1CCOCC1)NC(=O)N1CCCC(C(OCCNC(=O)OC)c2cc(C)ccc2C)C1. The molecule has 0 aromatic heterocycles. The van der Waals surface area contributed by atoms with Crippen LogP contribution in [0.4, 0.5) is 9.59 Å². The largest absolute Gasteiger partial charge is 0.453 e. The standard InChI is InChI=1S/C28H46N4O5/c1-20-7-8-21(2)25(16-20)26(37-15-11-30-28(34)35-4)23-6-5-12-32(19-23)27(33)31-24(18-29-3)17-22-9-13-36-14-10-22/h7-8,16,22-24,26,29H,5-6,9-15,17-19H2,1-4H3,(H,30,34)(H,31,33). The van der Waals surface area contributed by atoms with E-state index in [0.29, 0.717) is 25.6 Å². The van der Waals surface area contributed by atoms with Crippen molar-refractivity contribution in [2.24, 2.45) is 11.8 Å². The number of likely N-dealkylation sites (N-methyl/N-ethyl adjacent to an activating group) is 1. The highest BCUT2D eigenvalue weighted by atomic mass is 16.5. The van der Waals surface area contributed by atoms with E-state index in [1.165, 1.54) is 18.2 Å². The number of likely N-dealkylation sites (tertiary alicyclic amines) is 1. The van der Waals surface area contributed by atoms with Gasteiger partial charge in [0.1, 0.15) is 0 Å². The van der Waals surface area contributed by atoms with Crippen LogP contribution in [0.15, 0.2) is 18.2 Å². The van der Waals surface area contributed by atoms with Gasteiger partial charge in [0, 0.05) is 51.4 Å². The summed E-state index contributed by atoms with van der Waals surface area (Å²) in [6, 6.07) is 6.51. The van der Waals surface area contributed by atoms with Gasteiger partial charge >= 0.3 is 12.1 Å². The first-order chi connectivity index (χ1) is 17.9. The lowest BCUT2D eigenvalue weighted by molar-refractivity contribution is -0.00906. The van der Waals surface area contributed by atoms with E-state index in [9.17, 15) is 9.59 Å². The topological polar surface area (TPSA) is 101 Å². The average Bonchev–Trinajstić information content (AvgIpc) is 2.91. The number of benzene rings is 1. The quantitative estimate of drug-likeness (QED) is 0.388. The highest BCUT2D eigenvalue weighted by molar-refractivity contribution is 5.74. The third kappa shape index (κ3) is 9.16. The number of carbonyl (C=O) groups is 2. The van der Waals surface area contributed by atoms with Gasteiger partial charge in [0.2, 0.25) is 0 Å². The van der Waals surface area contributed by atoms with Gasteiger partial charge in [-0.05, 0) is 70.0 Å². The first kappa shape index (κ1) is 29.2. The summed E-state index contributed by atoms with van der Waals surface area (Å²) in [6.07, 6.45) is 4.36. The highest BCUT2D eigenvalue weighted by Crippen LogP contribution is 2.35. The van der Waals surface area contributed by atoms with Gasteiger partial charge < -0.3 is 35.1 Å². The molecule has 9 heteroatoms. The molecule has 208 valence electrons. The number of urea groups is 1. The van der Waals surface area contributed by atoms with E-state index in [0.717, 1.165) is 64.0 Å². The summed E-state index contributed by atoms with van der Waals surface area (Å²) in [4.78, 5) is 26.8. The number of hydrogen-bond donors (Lipinski definition) is 3. The minimum atomic E-state index is -0.468. The van der Waals surface area contributed by atoms with Crippen LogP contribution in [0.25, 0.3) is 0 Å². The van der Waals surface area contributed by atoms with Gasteiger partial charge in [-0.15, -0.1) is 0 Å². The van der Waals surface area contributed by atoms with Crippen LogP contribution in [0.1, 0.15) is 54.9 Å². The molecular weight excluding hydrogens is 472 g/mol. The zero-order valence-corrected chi connectivity index (χ0v) is 23.0. The molecule has 0 radical (unpaired) electrons. The van der Waals surface area contributed by atoms with E-state index in [1.807, 2.05) is 11.9 Å². The van der Waals surface area contributed by atoms with Crippen molar-refractivity contribution in [2.75, 3.05) is 60.2 Å². The molecule has 1 aromatic rings. The number of nitrogens with one attached hydrogen (secondary N) is 3. The molecule has 2 saturated heterocycles. The Kier molecular flexibility index (Phi) is 12.0. The Labute approximate surface area is 222 Å². The van der Waals surface area contributed by atoms with Crippen LogP contribution >= 0.6 is 0 Å². The minimum absolute atomic E-state index is 0.00378. The summed E-state index contributed by atoms with van der Waals surface area (Å²) in [7, 11) is 3.28. The van der Waals surface area contributed by atoms with E-state index < -0.39 is 6.09 Å². The zero-order valence-electron chi connectivity index (χ0n) is 23.0. The summed E-state index contributed by atoms with van der Waals surface area (Å²) in [5.74, 6) is 0.749. The normalized spacial score (nSPS) is 20.2. The fourth-order valence-electron chi connectivity index (χ4n) is 5.49. The molecule has 3 N–H and O–H groups in total. The molecule has 9 nitrogen and oxygen atoms in total. The number of piperidine rings is 1. The van der Waals surface area contributed by atoms with Gasteiger partial charge in [-0.1, -0.05) is 23.8 Å². The van der Waals surface area contributed by atoms with E-state index in [1.54, 1.807) is 0 Å². The molecular formula is C28H46N4O5. The molecule has 2 fully saturated rings. The summed E-state index contributed by atoms with van der Waals surface area (Å²) in [5.41, 5.74) is 3.50. The molecule has 0 saturated carbocycles. The number of aryl methyl sites for hydroxylation is 2. The average molecular weight is 519 g/mol. The van der Waals surface area contributed by atoms with Crippen LogP contribution in [0, 0.1) is 25.7 Å². The molecule has 37 heavy (non-hydrogen) atoms. The van der Waals surface area contributed by atoms with E-state index in [2.05, 4.69) is 52.7 Å². The van der Waals surface area contributed by atoms with Crippen molar-refractivity contribution in [2.45, 2.75) is 58.1 Å². The number of methoxy groups -OCH3 is 1. The third-order valence-corrected chi connectivity index (χ3v) is 7.51. The Morgan fingerprint density at radius 3 is 2.70 bits per heavy atom. The number of rotatable bonds is 11. The fourth-order valence-corrected chi connectivity index (χ4v) is 5.49. The van der Waals surface area contributed by atoms with Gasteiger partial charge in [-0.3, -0.25) is 0 Å². The monoisotopic (exact) mass is 518 g/mol. The number of ether oxygens (including phenoxy) is 3. The molecule has 2 aliphatic rings. The second-order valence-electron chi connectivity index (χ2n) is 10.4. The molecule has 3 unspecified atom stereocenters. The maximum atomic E-state index is 13.4. The van der Waals surface area contributed by atoms with Crippen molar-refractivity contribution in [1.29, 1.82) is 0 Å². The lowest BCUT2D eigenvalue weighted by Crippen LogP contribution is -2.52. The second-order valence-corrected chi connectivity index (χ2v) is 10.4. The summed E-state index contributed by atoms with van der Waals surface area (Å²) in [5, 5.41) is 9.24. The van der Waals surface area contributed by atoms with Gasteiger partial charge in [-0.25, -0.2) is 9.59 Å². The van der Waals surface area contributed by atoms with Crippen LogP contribution < -0.4 is 16.0 Å². The minimum Gasteiger partial charge on any atom is -0.453 e. The van der Waals surface area contributed by atoms with Crippen molar-refractivity contribution in [3.05, 3.63) is 34.9 Å². The molecule has 0 bridgehead atoms. The van der Waals surface area contributed by atoms with E-state index >= 15 is 0 Å². The van der Waals surface area contributed by atoms with Crippen molar-refractivity contribution in [3.8, 4) is 0 Å². The lowest BCUT2D eigenvalue weighted by Gasteiger charge is -2.38. The van der Waals surface area contributed by atoms with E-state index in [-0.39, 0.29) is 24.1 Å². The molecule has 3 atom stereocenters. The fraction of sp³-hybridized carbons (Fsp3) is 0.714. The van der Waals surface area contributed by atoms with Gasteiger partial charge in [0.05, 0.1) is 19.8 Å². The van der Waals surface area contributed by atoms with Crippen molar-refractivity contribution < 1.29 is 23.8 Å². The number of hydrogen-bond acceptors (Lipinski definition) is 6. The van der Waals surface area contributed by atoms with Crippen molar-refractivity contribution in [1.82, 2.24) is 20.9 Å². The smallest absolute Gasteiger partial charge is 0.406 e. The Hall–Kier alpha value is -2.36. The first-order valence-corrected chi connectivity index (χ1v) is 13.7. The second kappa shape index (κ2) is 15.1. The van der Waals surface area contributed by atoms with Crippen molar-refractivity contribution >= 4 is 12.1 Å². The Balaban J connectivity index is 1.66. The number of carbonyl (C=O) groups excluding carboxylic acids is 2. The molecule has 0 aliphatic carbocycles. The van der Waals surface area contributed by atoms with Gasteiger partial charge in [0.15, 0.2) is 0 Å². The van der Waals surface area contributed by atoms with Crippen LogP contribution in [0.3, 0.4) is 0 Å². The Bertz CT molecular complexity index is 861. The predicted molar refractivity (Wildman–Crippen MR) is 144 cm³/mol. The lowest BCUT2D eigenvalue weighted by atomic mass is 9.86. The molecule has 3 rings (SSSR count).